The molecule has 3 aromatic rings. The van der Waals surface area contributed by atoms with Crippen LogP contribution in [-0.4, -0.2) is 17.8 Å². The first-order valence-electron chi connectivity index (χ1n) is 7.71. The summed E-state index contributed by atoms with van der Waals surface area (Å²) in [6.45, 7) is 0.567. The van der Waals surface area contributed by atoms with E-state index < -0.39 is 0 Å². The van der Waals surface area contributed by atoms with Crippen LogP contribution >= 0.6 is 0 Å². The molecular weight excluding hydrogens is 322 g/mol. The number of aromatic nitrogens is 1. The molecule has 2 N–H and O–H groups in total. The zero-order valence-corrected chi connectivity index (χ0v) is 13.2. The summed E-state index contributed by atoms with van der Waals surface area (Å²) in [6.07, 6.45) is 3.28. The second-order valence-electron chi connectivity index (χ2n) is 5.40. The molecule has 1 aromatic carbocycles. The Morgan fingerprint density at radius 3 is 2.92 bits per heavy atom. The first kappa shape index (κ1) is 15.1. The quantitative estimate of drug-likeness (QED) is 0.762. The molecule has 7 nitrogen and oxygen atoms in total. The molecule has 3 heterocycles. The van der Waals surface area contributed by atoms with Gasteiger partial charge in [0.2, 0.25) is 6.79 Å². The number of hydrogen-bond donors (Lipinski definition) is 2. The lowest BCUT2D eigenvalue weighted by atomic mass is 10.2. The van der Waals surface area contributed by atoms with Crippen LogP contribution in [0, 0.1) is 0 Å². The summed E-state index contributed by atoms with van der Waals surface area (Å²) in [5, 5.41) is 5.57. The van der Waals surface area contributed by atoms with E-state index in [0.29, 0.717) is 29.5 Å². The zero-order chi connectivity index (χ0) is 17.1. The number of fused-ring (bicyclic) bond motifs is 1. The van der Waals surface area contributed by atoms with Gasteiger partial charge in [0.15, 0.2) is 17.3 Å². The van der Waals surface area contributed by atoms with Gasteiger partial charge >= 0.3 is 6.03 Å². The molecule has 0 aliphatic carbocycles. The number of furan rings is 1. The van der Waals surface area contributed by atoms with Crippen molar-refractivity contribution in [2.24, 2.45) is 0 Å². The van der Waals surface area contributed by atoms with Crippen LogP contribution in [-0.2, 0) is 6.54 Å². The molecule has 0 atom stereocenters. The van der Waals surface area contributed by atoms with E-state index in [2.05, 4.69) is 15.6 Å². The van der Waals surface area contributed by atoms with Crippen molar-refractivity contribution in [3.8, 4) is 23.0 Å². The summed E-state index contributed by atoms with van der Waals surface area (Å²) in [5.41, 5.74) is 2.27. The van der Waals surface area contributed by atoms with E-state index >= 15 is 0 Å². The summed E-state index contributed by atoms with van der Waals surface area (Å²) >= 11 is 0. The number of benzene rings is 1. The lowest BCUT2D eigenvalue weighted by Crippen LogP contribution is -2.28. The van der Waals surface area contributed by atoms with Gasteiger partial charge in [-0.15, -0.1) is 0 Å². The number of carbonyl (C=O) groups excluding carboxylic acids is 1. The number of nitrogens with one attached hydrogen (secondary N) is 2. The second kappa shape index (κ2) is 6.56. The van der Waals surface area contributed by atoms with Crippen molar-refractivity contribution in [3.63, 3.8) is 0 Å². The summed E-state index contributed by atoms with van der Waals surface area (Å²) < 4.78 is 15.9. The van der Waals surface area contributed by atoms with Crippen molar-refractivity contribution in [3.05, 3.63) is 60.5 Å². The Hall–Kier alpha value is -3.48. The highest BCUT2D eigenvalue weighted by molar-refractivity contribution is 5.89. The van der Waals surface area contributed by atoms with Gasteiger partial charge in [-0.1, -0.05) is 0 Å². The SMILES string of the molecule is O=C(NCc1ccnc(-c2ccco2)c1)Nc1ccc2c(c1)OCO2. The first-order chi connectivity index (χ1) is 12.3. The summed E-state index contributed by atoms with van der Waals surface area (Å²) in [5.74, 6) is 1.98. The van der Waals surface area contributed by atoms with Crippen LogP contribution in [0.2, 0.25) is 0 Å². The van der Waals surface area contributed by atoms with Crippen LogP contribution in [0.5, 0.6) is 11.5 Å². The van der Waals surface area contributed by atoms with Crippen molar-refractivity contribution in [2.45, 2.75) is 6.54 Å². The summed E-state index contributed by atoms with van der Waals surface area (Å²) in [4.78, 5) is 16.3. The minimum absolute atomic E-state index is 0.199. The van der Waals surface area contributed by atoms with E-state index in [1.807, 2.05) is 18.2 Å². The van der Waals surface area contributed by atoms with Crippen LogP contribution in [0.3, 0.4) is 0 Å². The molecule has 0 spiro atoms. The Balaban J connectivity index is 1.37. The lowest BCUT2D eigenvalue weighted by Gasteiger charge is -2.09. The van der Waals surface area contributed by atoms with Crippen LogP contribution < -0.4 is 20.1 Å². The molecule has 0 fully saturated rings. The molecule has 0 saturated carbocycles. The average molecular weight is 337 g/mol. The van der Waals surface area contributed by atoms with Crippen molar-refractivity contribution >= 4 is 11.7 Å². The van der Waals surface area contributed by atoms with Gasteiger partial charge in [0.25, 0.3) is 0 Å². The number of nitrogens with zero attached hydrogens (tertiary/aromatic N) is 1. The maximum Gasteiger partial charge on any atom is 0.319 e. The minimum Gasteiger partial charge on any atom is -0.463 e. The maximum atomic E-state index is 12.1. The number of pyridine rings is 1. The van der Waals surface area contributed by atoms with Crippen molar-refractivity contribution in [1.82, 2.24) is 10.3 Å². The smallest absolute Gasteiger partial charge is 0.319 e. The number of amides is 2. The fourth-order valence-corrected chi connectivity index (χ4v) is 2.48. The molecule has 1 aliphatic heterocycles. The average Bonchev–Trinajstić information content (AvgIpc) is 3.31. The van der Waals surface area contributed by atoms with E-state index in [-0.39, 0.29) is 12.8 Å². The van der Waals surface area contributed by atoms with Gasteiger partial charge < -0.3 is 24.5 Å². The van der Waals surface area contributed by atoms with Gasteiger partial charge in [0, 0.05) is 24.5 Å². The maximum absolute atomic E-state index is 12.1. The fourth-order valence-electron chi connectivity index (χ4n) is 2.48. The molecule has 0 radical (unpaired) electrons. The molecule has 1 aliphatic rings. The molecular formula is C18H15N3O4. The largest absolute Gasteiger partial charge is 0.463 e. The second-order valence-corrected chi connectivity index (χ2v) is 5.40. The highest BCUT2D eigenvalue weighted by Crippen LogP contribution is 2.34. The van der Waals surface area contributed by atoms with Crippen LogP contribution in [0.1, 0.15) is 5.56 Å². The topological polar surface area (TPSA) is 85.6 Å². The van der Waals surface area contributed by atoms with Gasteiger partial charge in [-0.3, -0.25) is 4.98 Å². The monoisotopic (exact) mass is 337 g/mol. The number of urea groups is 1. The van der Waals surface area contributed by atoms with Crippen LogP contribution in [0.15, 0.2) is 59.3 Å². The van der Waals surface area contributed by atoms with Crippen LogP contribution in [0.4, 0.5) is 10.5 Å². The minimum atomic E-state index is -0.310. The van der Waals surface area contributed by atoms with E-state index in [1.165, 1.54) is 0 Å². The van der Waals surface area contributed by atoms with Crippen molar-refractivity contribution < 1.29 is 18.7 Å². The van der Waals surface area contributed by atoms with E-state index in [0.717, 1.165) is 11.3 Å². The predicted octanol–water partition coefficient (Wildman–Crippen LogP) is 3.39. The molecule has 126 valence electrons. The third-order valence-electron chi connectivity index (χ3n) is 3.68. The van der Waals surface area contributed by atoms with Gasteiger partial charge in [0.05, 0.1) is 6.26 Å². The molecule has 2 aromatic heterocycles. The third kappa shape index (κ3) is 3.40. The van der Waals surface area contributed by atoms with Gasteiger partial charge in [-0.05, 0) is 42.0 Å². The van der Waals surface area contributed by atoms with E-state index in [4.69, 9.17) is 13.9 Å². The lowest BCUT2D eigenvalue weighted by molar-refractivity contribution is 0.174. The molecule has 2 amide bonds. The van der Waals surface area contributed by atoms with Gasteiger partial charge in [-0.2, -0.15) is 0 Å². The number of ether oxygens (including phenoxy) is 2. The molecule has 0 unspecified atom stereocenters. The molecule has 0 saturated heterocycles. The zero-order valence-electron chi connectivity index (χ0n) is 13.2. The molecule has 4 rings (SSSR count). The molecule has 25 heavy (non-hydrogen) atoms. The Kier molecular flexibility index (Phi) is 3.96. The highest BCUT2D eigenvalue weighted by atomic mass is 16.7. The summed E-state index contributed by atoms with van der Waals surface area (Å²) in [7, 11) is 0. The highest BCUT2D eigenvalue weighted by Gasteiger charge is 2.14. The Labute approximate surface area is 143 Å². The Morgan fingerprint density at radius 1 is 1.12 bits per heavy atom. The normalized spacial score (nSPS) is 12.0. The van der Waals surface area contributed by atoms with Gasteiger partial charge in [0.1, 0.15) is 5.69 Å². The summed E-state index contributed by atoms with van der Waals surface area (Å²) in [6, 6.07) is 12.3. The van der Waals surface area contributed by atoms with Crippen molar-refractivity contribution in [2.75, 3.05) is 12.1 Å². The predicted molar refractivity (Wildman–Crippen MR) is 90.4 cm³/mol. The number of hydrogen-bond acceptors (Lipinski definition) is 5. The van der Waals surface area contributed by atoms with Crippen LogP contribution in [0.25, 0.3) is 11.5 Å². The fraction of sp³-hybridized carbons (Fsp3) is 0.111. The standard InChI is InChI=1S/C18H15N3O4/c22-18(21-13-3-4-16-17(9-13)25-11-24-16)20-10-12-5-6-19-14(8-12)15-2-1-7-23-15/h1-9H,10-11H2,(H2,20,21,22). The van der Waals surface area contributed by atoms with Gasteiger partial charge in [-0.25, -0.2) is 4.79 Å². The molecule has 7 heteroatoms. The number of carbonyl (C=O) groups is 1. The number of rotatable bonds is 4. The Bertz CT molecular complexity index is 893. The van der Waals surface area contributed by atoms with E-state index in [1.54, 1.807) is 36.7 Å². The third-order valence-corrected chi connectivity index (χ3v) is 3.68. The van der Waals surface area contributed by atoms with Crippen molar-refractivity contribution in [1.29, 1.82) is 0 Å². The molecule has 0 bridgehead atoms. The Morgan fingerprint density at radius 2 is 2.04 bits per heavy atom. The first-order valence-corrected chi connectivity index (χ1v) is 7.71. The van der Waals surface area contributed by atoms with E-state index in [9.17, 15) is 4.79 Å². The number of anilines is 1.